The first-order valence-electron chi connectivity index (χ1n) is 9.00. The minimum absolute atomic E-state index is 0. The summed E-state index contributed by atoms with van der Waals surface area (Å²) in [6.07, 6.45) is 2.48. The summed E-state index contributed by atoms with van der Waals surface area (Å²) in [7, 11) is 1.67. The van der Waals surface area contributed by atoms with Gasteiger partial charge in [0.25, 0.3) is 5.69 Å². The Morgan fingerprint density at radius 3 is 2.67 bits per heavy atom. The van der Waals surface area contributed by atoms with E-state index in [1.54, 1.807) is 19.2 Å². The zero-order chi connectivity index (χ0) is 18.9. The molecular weight excluding hydrogens is 461 g/mol. The van der Waals surface area contributed by atoms with E-state index in [2.05, 4.69) is 20.5 Å². The van der Waals surface area contributed by atoms with Crippen molar-refractivity contribution in [1.82, 2.24) is 15.5 Å². The molecule has 0 saturated carbocycles. The minimum atomic E-state index is -0.393. The van der Waals surface area contributed by atoms with Crippen molar-refractivity contribution in [3.63, 3.8) is 0 Å². The molecule has 0 unspecified atom stereocenters. The molecule has 1 aromatic carbocycles. The van der Waals surface area contributed by atoms with E-state index >= 15 is 0 Å². The van der Waals surface area contributed by atoms with Crippen molar-refractivity contribution in [2.75, 3.05) is 26.7 Å². The monoisotopic (exact) mass is 489 g/mol. The van der Waals surface area contributed by atoms with Crippen molar-refractivity contribution in [3.05, 3.63) is 39.9 Å². The lowest BCUT2D eigenvalue weighted by Crippen LogP contribution is -2.46. The van der Waals surface area contributed by atoms with Crippen LogP contribution in [0.4, 0.5) is 5.69 Å². The summed E-state index contributed by atoms with van der Waals surface area (Å²) in [4.78, 5) is 28.9. The van der Waals surface area contributed by atoms with Crippen molar-refractivity contribution in [3.8, 4) is 0 Å². The molecule has 1 heterocycles. The van der Waals surface area contributed by atoms with Gasteiger partial charge in [-0.2, -0.15) is 0 Å². The van der Waals surface area contributed by atoms with E-state index in [-0.39, 0.29) is 35.6 Å². The van der Waals surface area contributed by atoms with E-state index in [1.165, 1.54) is 6.07 Å². The number of rotatable bonds is 6. The number of nitro groups is 1. The molecule has 150 valence electrons. The molecule has 1 aliphatic rings. The predicted molar refractivity (Wildman–Crippen MR) is 116 cm³/mol. The Morgan fingerprint density at radius 2 is 2.07 bits per heavy atom. The zero-order valence-corrected chi connectivity index (χ0v) is 18.1. The molecule has 0 aromatic heterocycles. The fourth-order valence-electron chi connectivity index (χ4n) is 3.07. The van der Waals surface area contributed by atoms with Crippen LogP contribution in [0.25, 0.3) is 0 Å². The van der Waals surface area contributed by atoms with E-state index in [1.807, 2.05) is 13.0 Å². The lowest BCUT2D eigenvalue weighted by atomic mass is 9.93. The summed E-state index contributed by atoms with van der Waals surface area (Å²) in [6.45, 7) is 4.86. The molecule has 0 aliphatic carbocycles. The number of hydrogen-bond donors (Lipinski definition) is 2. The predicted octanol–water partition coefficient (Wildman–Crippen LogP) is 2.53. The van der Waals surface area contributed by atoms with Crippen molar-refractivity contribution >= 4 is 41.5 Å². The van der Waals surface area contributed by atoms with Crippen molar-refractivity contribution in [1.29, 1.82) is 0 Å². The van der Waals surface area contributed by atoms with Gasteiger partial charge in [-0.05, 0) is 31.2 Å². The first-order valence-corrected chi connectivity index (χ1v) is 9.00. The molecule has 1 saturated heterocycles. The number of halogens is 1. The number of likely N-dealkylation sites (tertiary alicyclic amines) is 1. The van der Waals surface area contributed by atoms with Crippen LogP contribution in [0, 0.1) is 16.0 Å². The molecule has 2 rings (SSSR count). The van der Waals surface area contributed by atoms with Gasteiger partial charge in [-0.1, -0.05) is 12.1 Å². The smallest absolute Gasteiger partial charge is 0.269 e. The number of hydrogen-bond acceptors (Lipinski definition) is 4. The Morgan fingerprint density at radius 1 is 1.37 bits per heavy atom. The summed E-state index contributed by atoms with van der Waals surface area (Å²) in [5, 5.41) is 16.9. The Hall–Kier alpha value is -1.91. The fourth-order valence-corrected chi connectivity index (χ4v) is 3.07. The third-order valence-corrected chi connectivity index (χ3v) is 4.53. The SMILES string of the molecule is CCNC(=NCc1cccc([N+](=O)[O-])c1)N1CCC(CC(=O)NC)CC1.I. The second kappa shape index (κ2) is 11.7. The van der Waals surface area contributed by atoms with Gasteiger partial charge in [0.05, 0.1) is 11.5 Å². The number of nitrogens with one attached hydrogen (secondary N) is 2. The Balaban J connectivity index is 0.00000364. The molecular formula is C18H28IN5O3. The van der Waals surface area contributed by atoms with Gasteiger partial charge in [-0.3, -0.25) is 14.9 Å². The van der Waals surface area contributed by atoms with Crippen molar-refractivity contribution in [2.45, 2.75) is 32.7 Å². The number of piperidine rings is 1. The largest absolute Gasteiger partial charge is 0.359 e. The van der Waals surface area contributed by atoms with Gasteiger partial charge >= 0.3 is 0 Å². The van der Waals surface area contributed by atoms with Crippen LogP contribution in [0.3, 0.4) is 0 Å². The quantitative estimate of drug-likeness (QED) is 0.210. The summed E-state index contributed by atoms with van der Waals surface area (Å²) in [5.41, 5.74) is 0.891. The van der Waals surface area contributed by atoms with Crippen molar-refractivity contribution in [2.24, 2.45) is 10.9 Å². The van der Waals surface area contributed by atoms with Crippen LogP contribution >= 0.6 is 24.0 Å². The molecule has 0 radical (unpaired) electrons. The van der Waals surface area contributed by atoms with E-state index in [9.17, 15) is 14.9 Å². The molecule has 8 nitrogen and oxygen atoms in total. The van der Waals surface area contributed by atoms with Gasteiger partial charge in [-0.25, -0.2) is 4.99 Å². The standard InChI is InChI=1S/C18H27N5O3.HI/c1-3-20-18(21-13-15-5-4-6-16(11-15)23(25)26)22-9-7-14(8-10-22)12-17(24)19-2;/h4-6,11,14H,3,7-10,12-13H2,1-2H3,(H,19,24)(H,20,21);1H. The van der Waals surface area contributed by atoms with Crippen LogP contribution in [0.5, 0.6) is 0 Å². The highest BCUT2D eigenvalue weighted by Gasteiger charge is 2.23. The number of nitro benzene ring substituents is 1. The lowest BCUT2D eigenvalue weighted by Gasteiger charge is -2.34. The van der Waals surface area contributed by atoms with E-state index in [4.69, 9.17) is 0 Å². The number of guanidine groups is 1. The number of nitrogens with zero attached hydrogens (tertiary/aromatic N) is 3. The topological polar surface area (TPSA) is 99.9 Å². The molecule has 0 bridgehead atoms. The average Bonchev–Trinajstić information content (AvgIpc) is 2.66. The van der Waals surface area contributed by atoms with Gasteiger partial charge in [0.15, 0.2) is 5.96 Å². The molecule has 1 aromatic rings. The highest BCUT2D eigenvalue weighted by atomic mass is 127. The normalized spacial score (nSPS) is 15.0. The van der Waals surface area contributed by atoms with Gasteiger partial charge in [-0.15, -0.1) is 24.0 Å². The number of carbonyl (C=O) groups is 1. The molecule has 27 heavy (non-hydrogen) atoms. The number of carbonyl (C=O) groups excluding carboxylic acids is 1. The third-order valence-electron chi connectivity index (χ3n) is 4.53. The number of amides is 1. The van der Waals surface area contributed by atoms with E-state index in [0.29, 0.717) is 18.9 Å². The van der Waals surface area contributed by atoms with E-state index in [0.717, 1.165) is 44.0 Å². The summed E-state index contributed by atoms with van der Waals surface area (Å²) in [6, 6.07) is 6.56. The van der Waals surface area contributed by atoms with Crippen LogP contribution in [0.2, 0.25) is 0 Å². The van der Waals surface area contributed by atoms with Crippen LogP contribution in [0.1, 0.15) is 31.7 Å². The molecule has 1 amide bonds. The average molecular weight is 489 g/mol. The maximum Gasteiger partial charge on any atom is 0.269 e. The first kappa shape index (κ1) is 23.1. The molecule has 9 heteroatoms. The second-order valence-electron chi connectivity index (χ2n) is 6.40. The second-order valence-corrected chi connectivity index (χ2v) is 6.40. The number of non-ortho nitro benzene ring substituents is 1. The number of aliphatic imine (C=N–C) groups is 1. The lowest BCUT2D eigenvalue weighted by molar-refractivity contribution is -0.384. The highest BCUT2D eigenvalue weighted by Crippen LogP contribution is 2.21. The maximum atomic E-state index is 11.5. The highest BCUT2D eigenvalue weighted by molar-refractivity contribution is 14.0. The van der Waals surface area contributed by atoms with E-state index < -0.39 is 4.92 Å². The molecule has 0 atom stereocenters. The van der Waals surface area contributed by atoms with Crippen LogP contribution < -0.4 is 10.6 Å². The summed E-state index contributed by atoms with van der Waals surface area (Å²) >= 11 is 0. The van der Waals surface area contributed by atoms with Crippen LogP contribution in [-0.2, 0) is 11.3 Å². The molecule has 0 spiro atoms. The van der Waals surface area contributed by atoms with Crippen LogP contribution in [0.15, 0.2) is 29.3 Å². The molecule has 2 N–H and O–H groups in total. The number of benzene rings is 1. The Labute approximate surface area is 177 Å². The molecule has 1 fully saturated rings. The Kier molecular flexibility index (Phi) is 10.0. The van der Waals surface area contributed by atoms with Gasteiger partial charge in [0, 0.05) is 45.2 Å². The third kappa shape index (κ3) is 7.31. The fraction of sp³-hybridized carbons (Fsp3) is 0.556. The first-order chi connectivity index (χ1) is 12.5. The zero-order valence-electron chi connectivity index (χ0n) is 15.8. The van der Waals surface area contributed by atoms with Crippen molar-refractivity contribution < 1.29 is 9.72 Å². The van der Waals surface area contributed by atoms with Gasteiger partial charge in [0.1, 0.15) is 0 Å². The van der Waals surface area contributed by atoms with Gasteiger partial charge in [0.2, 0.25) is 5.91 Å². The van der Waals surface area contributed by atoms with Gasteiger partial charge < -0.3 is 15.5 Å². The summed E-state index contributed by atoms with van der Waals surface area (Å²) < 4.78 is 0. The minimum Gasteiger partial charge on any atom is -0.359 e. The maximum absolute atomic E-state index is 11.5. The summed E-state index contributed by atoms with van der Waals surface area (Å²) in [5.74, 6) is 1.32. The van der Waals surface area contributed by atoms with Crippen LogP contribution in [-0.4, -0.2) is 48.4 Å². The Bertz CT molecular complexity index is 660. The molecule has 1 aliphatic heterocycles.